The number of unbranched alkanes of at least 4 members (excludes halogenated alkanes) is 1. The second kappa shape index (κ2) is 13.8. The molecular formula is C33H46N4O3. The van der Waals surface area contributed by atoms with Crippen LogP contribution in [0, 0.1) is 23.7 Å². The van der Waals surface area contributed by atoms with Crippen LogP contribution in [-0.4, -0.2) is 36.9 Å². The van der Waals surface area contributed by atoms with E-state index in [-0.39, 0.29) is 17.7 Å². The summed E-state index contributed by atoms with van der Waals surface area (Å²) >= 11 is 0. The van der Waals surface area contributed by atoms with Crippen molar-refractivity contribution in [2.45, 2.75) is 78.2 Å². The average molecular weight is 547 g/mol. The van der Waals surface area contributed by atoms with Gasteiger partial charge in [-0.1, -0.05) is 76.8 Å². The highest BCUT2D eigenvalue weighted by Crippen LogP contribution is 2.39. The number of rotatable bonds is 12. The van der Waals surface area contributed by atoms with E-state index in [2.05, 4.69) is 23.2 Å². The largest absolute Gasteiger partial charge is 0.369 e. The maximum atomic E-state index is 14.3. The van der Waals surface area contributed by atoms with E-state index in [4.69, 9.17) is 5.73 Å². The van der Waals surface area contributed by atoms with Crippen LogP contribution in [0.15, 0.2) is 54.6 Å². The van der Waals surface area contributed by atoms with Crippen molar-refractivity contribution in [1.29, 1.82) is 0 Å². The zero-order valence-electron chi connectivity index (χ0n) is 24.4. The normalized spacial score (nSPS) is 19.3. The van der Waals surface area contributed by atoms with Crippen LogP contribution >= 0.6 is 0 Å². The van der Waals surface area contributed by atoms with Crippen molar-refractivity contribution in [2.24, 2.45) is 29.4 Å². The molecule has 0 bridgehead atoms. The molecule has 1 aliphatic carbocycles. The zero-order valence-corrected chi connectivity index (χ0v) is 24.4. The number of nitrogens with zero attached hydrogens (tertiary/aromatic N) is 2. The Morgan fingerprint density at radius 3 is 2.25 bits per heavy atom. The first-order valence-corrected chi connectivity index (χ1v) is 15.1. The van der Waals surface area contributed by atoms with E-state index >= 15 is 0 Å². The summed E-state index contributed by atoms with van der Waals surface area (Å²) in [6.45, 7) is 7.10. The number of hydrogen-bond acceptors (Lipinski definition) is 4. The number of primary amides is 1. The van der Waals surface area contributed by atoms with E-state index in [9.17, 15) is 14.4 Å². The van der Waals surface area contributed by atoms with Gasteiger partial charge in [-0.15, -0.1) is 0 Å². The van der Waals surface area contributed by atoms with Gasteiger partial charge in [0.2, 0.25) is 11.8 Å². The highest BCUT2D eigenvalue weighted by molar-refractivity contribution is 6.04. The Hall–Kier alpha value is -3.35. The fourth-order valence-corrected chi connectivity index (χ4v) is 6.39. The monoisotopic (exact) mass is 546 g/mol. The van der Waals surface area contributed by atoms with Gasteiger partial charge in [-0.05, 0) is 61.8 Å². The fourth-order valence-electron chi connectivity index (χ4n) is 6.39. The number of amides is 3. The lowest BCUT2D eigenvalue weighted by molar-refractivity contribution is -0.136. The summed E-state index contributed by atoms with van der Waals surface area (Å²) in [6.07, 6.45) is 7.45. The standard InChI is InChI=1S/C33H46N4O3/c1-4-5-17-26(31(34)38)27(20-23(2)3)32(39)35-28-22-36(25-15-7-6-8-16-25)29-18-11-12-19-30(29)37(33(28)40)21-24-13-9-10-14-24/h6-8,11-12,15-16,18-19,23-24,26-28H,4-5,9-10,13-14,17,20-22H2,1-3H3,(H2,34,38)(H,35,39). The average Bonchev–Trinajstić information content (AvgIpc) is 3.43. The van der Waals surface area contributed by atoms with Gasteiger partial charge in [-0.3, -0.25) is 14.4 Å². The molecule has 40 heavy (non-hydrogen) atoms. The number of nitrogens with two attached hydrogens (primary N) is 1. The van der Waals surface area contributed by atoms with Crippen molar-refractivity contribution >= 4 is 34.8 Å². The van der Waals surface area contributed by atoms with Crippen molar-refractivity contribution in [3.8, 4) is 0 Å². The molecule has 0 radical (unpaired) electrons. The van der Waals surface area contributed by atoms with Gasteiger partial charge in [0, 0.05) is 24.1 Å². The lowest BCUT2D eigenvalue weighted by Gasteiger charge is -2.30. The molecule has 1 aliphatic heterocycles. The summed E-state index contributed by atoms with van der Waals surface area (Å²) in [5.74, 6) is -1.28. The second-order valence-electron chi connectivity index (χ2n) is 12.0. The first kappa shape index (κ1) is 29.6. The molecule has 1 fully saturated rings. The van der Waals surface area contributed by atoms with Gasteiger partial charge in [-0.2, -0.15) is 0 Å². The van der Waals surface area contributed by atoms with Gasteiger partial charge in [0.25, 0.3) is 5.91 Å². The third kappa shape index (κ3) is 7.04. The third-order valence-corrected chi connectivity index (χ3v) is 8.47. The smallest absolute Gasteiger partial charge is 0.251 e. The third-order valence-electron chi connectivity index (χ3n) is 8.47. The van der Waals surface area contributed by atoms with E-state index in [1.165, 1.54) is 12.8 Å². The van der Waals surface area contributed by atoms with E-state index in [1.807, 2.05) is 67.3 Å². The molecule has 3 atom stereocenters. The predicted octanol–water partition coefficient (Wildman–Crippen LogP) is 5.80. The van der Waals surface area contributed by atoms with Gasteiger partial charge in [-0.25, -0.2) is 0 Å². The van der Waals surface area contributed by atoms with Crippen LogP contribution in [0.4, 0.5) is 17.1 Å². The first-order chi connectivity index (χ1) is 19.3. The molecule has 2 aliphatic rings. The molecule has 0 aromatic heterocycles. The number of carbonyl (C=O) groups excluding carboxylic acids is 3. The second-order valence-corrected chi connectivity index (χ2v) is 12.0. The molecule has 2 aromatic rings. The van der Waals surface area contributed by atoms with Crippen LogP contribution in [0.2, 0.25) is 0 Å². The molecule has 7 nitrogen and oxygen atoms in total. The van der Waals surface area contributed by atoms with Crippen molar-refractivity contribution in [3.63, 3.8) is 0 Å². The molecule has 0 saturated heterocycles. The van der Waals surface area contributed by atoms with Crippen LogP contribution in [0.5, 0.6) is 0 Å². The SMILES string of the molecule is CCCCC(C(N)=O)C(CC(C)C)C(=O)NC1CN(c2ccccc2)c2ccccc2N(CC2CCCC2)C1=O. The van der Waals surface area contributed by atoms with Crippen LogP contribution < -0.4 is 20.9 Å². The summed E-state index contributed by atoms with van der Waals surface area (Å²) in [7, 11) is 0. The molecular weight excluding hydrogens is 500 g/mol. The molecule has 2 aromatic carbocycles. The minimum atomic E-state index is -0.768. The van der Waals surface area contributed by atoms with Crippen LogP contribution in [-0.2, 0) is 14.4 Å². The van der Waals surface area contributed by atoms with E-state index in [1.54, 1.807) is 0 Å². The Balaban J connectivity index is 1.70. The maximum Gasteiger partial charge on any atom is 0.251 e. The van der Waals surface area contributed by atoms with Gasteiger partial charge in [0.05, 0.1) is 17.9 Å². The van der Waals surface area contributed by atoms with Gasteiger partial charge in [0.15, 0.2) is 0 Å². The minimum absolute atomic E-state index is 0.0985. The number of hydrogen-bond donors (Lipinski definition) is 2. The summed E-state index contributed by atoms with van der Waals surface area (Å²) in [5.41, 5.74) is 8.63. The molecule has 7 heteroatoms. The molecule has 3 unspecified atom stereocenters. The molecule has 216 valence electrons. The summed E-state index contributed by atoms with van der Waals surface area (Å²) in [5, 5.41) is 3.14. The zero-order chi connectivity index (χ0) is 28.6. The summed E-state index contributed by atoms with van der Waals surface area (Å²) < 4.78 is 0. The molecule has 4 rings (SSSR count). The lowest BCUT2D eigenvalue weighted by atomic mass is 9.81. The van der Waals surface area contributed by atoms with Crippen molar-refractivity contribution in [2.75, 3.05) is 22.9 Å². The van der Waals surface area contributed by atoms with Crippen molar-refractivity contribution in [3.05, 3.63) is 54.6 Å². The number of para-hydroxylation sites is 3. The molecule has 1 saturated carbocycles. The summed E-state index contributed by atoms with van der Waals surface area (Å²) in [4.78, 5) is 44.9. The van der Waals surface area contributed by atoms with E-state index in [0.29, 0.717) is 31.8 Å². The summed E-state index contributed by atoms with van der Waals surface area (Å²) in [6, 6.07) is 17.3. The number of anilines is 3. The number of carbonyl (C=O) groups is 3. The van der Waals surface area contributed by atoms with Crippen LogP contribution in [0.3, 0.4) is 0 Å². The maximum absolute atomic E-state index is 14.3. The topological polar surface area (TPSA) is 95.7 Å². The van der Waals surface area contributed by atoms with Crippen molar-refractivity contribution < 1.29 is 14.4 Å². The minimum Gasteiger partial charge on any atom is -0.369 e. The van der Waals surface area contributed by atoms with Crippen LogP contribution in [0.25, 0.3) is 0 Å². The fraction of sp³-hybridized carbons (Fsp3) is 0.545. The molecule has 3 amide bonds. The van der Waals surface area contributed by atoms with Crippen molar-refractivity contribution in [1.82, 2.24) is 5.32 Å². The number of nitrogens with one attached hydrogen (secondary N) is 1. The van der Waals surface area contributed by atoms with E-state index < -0.39 is 23.8 Å². The van der Waals surface area contributed by atoms with E-state index in [0.717, 1.165) is 42.7 Å². The Morgan fingerprint density at radius 2 is 1.62 bits per heavy atom. The molecule has 3 N–H and O–H groups in total. The Kier molecular flexibility index (Phi) is 10.2. The number of benzene rings is 2. The lowest BCUT2D eigenvalue weighted by Crippen LogP contribution is -2.54. The Labute approximate surface area is 239 Å². The molecule has 0 spiro atoms. The highest BCUT2D eigenvalue weighted by atomic mass is 16.2. The van der Waals surface area contributed by atoms with Gasteiger partial charge < -0.3 is 20.9 Å². The van der Waals surface area contributed by atoms with Gasteiger partial charge >= 0.3 is 0 Å². The Morgan fingerprint density at radius 1 is 0.975 bits per heavy atom. The van der Waals surface area contributed by atoms with Crippen LogP contribution in [0.1, 0.15) is 72.1 Å². The molecule has 1 heterocycles. The first-order valence-electron chi connectivity index (χ1n) is 15.1. The Bertz CT molecular complexity index is 1150. The van der Waals surface area contributed by atoms with Gasteiger partial charge in [0.1, 0.15) is 6.04 Å². The predicted molar refractivity (Wildman–Crippen MR) is 161 cm³/mol. The quantitative estimate of drug-likeness (QED) is 0.352. The number of fused-ring (bicyclic) bond motifs is 1. The highest BCUT2D eigenvalue weighted by Gasteiger charge is 2.39.